The molecule has 1 aliphatic rings. The Morgan fingerprint density at radius 2 is 2.00 bits per heavy atom. The molecular weight excluding hydrogens is 398 g/mol. The number of nitrogens with one attached hydrogen (secondary N) is 2. The van der Waals surface area contributed by atoms with Crippen molar-refractivity contribution in [2.45, 2.75) is 38.3 Å². The van der Waals surface area contributed by atoms with E-state index in [9.17, 15) is 9.59 Å². The molecule has 1 aromatic carbocycles. The van der Waals surface area contributed by atoms with E-state index in [1.807, 2.05) is 12.1 Å². The second kappa shape index (κ2) is 8.84. The summed E-state index contributed by atoms with van der Waals surface area (Å²) in [7, 11) is 0. The first kappa shape index (κ1) is 20.5. The topological polar surface area (TPSA) is 84.1 Å². The van der Waals surface area contributed by atoms with Gasteiger partial charge in [0.25, 0.3) is 5.56 Å². The minimum Gasteiger partial charge on any atom is -0.463 e. The fourth-order valence-corrected chi connectivity index (χ4v) is 4.01. The summed E-state index contributed by atoms with van der Waals surface area (Å²) in [5.74, 6) is 0.273. The Morgan fingerprint density at radius 1 is 1.29 bits per heavy atom. The maximum Gasteiger partial charge on any atom is 0.336 e. The molecule has 28 heavy (non-hydrogen) atoms. The molecule has 2 aromatic rings. The zero-order chi connectivity index (χ0) is 20.3. The minimum absolute atomic E-state index is 0.247. The molecular formula is C20H22ClN3O3S. The van der Waals surface area contributed by atoms with Crippen LogP contribution in [-0.4, -0.2) is 28.3 Å². The molecule has 1 aliphatic heterocycles. The molecule has 0 bridgehead atoms. The van der Waals surface area contributed by atoms with Crippen LogP contribution in [0.15, 0.2) is 45.5 Å². The standard InChI is InChI=1S/C20H22ClN3O3S/c1-4-10-28-20-23-17-16(18(25)24-20)15(12-6-8-13(21)9-7-12)14(11(3)22-17)19(26)27-5-2/h6-9,15H,4-5,10H2,1-3H3,(H2,22,23,24,25). The lowest BCUT2D eigenvalue weighted by Crippen LogP contribution is -2.31. The fourth-order valence-electron chi connectivity index (χ4n) is 3.17. The Morgan fingerprint density at radius 3 is 2.64 bits per heavy atom. The van der Waals surface area contributed by atoms with Crippen molar-refractivity contribution in [1.29, 1.82) is 0 Å². The summed E-state index contributed by atoms with van der Waals surface area (Å²) in [6.45, 7) is 5.86. The van der Waals surface area contributed by atoms with Gasteiger partial charge in [0.2, 0.25) is 0 Å². The van der Waals surface area contributed by atoms with Crippen LogP contribution in [0.25, 0.3) is 0 Å². The number of benzene rings is 1. The number of carbonyl (C=O) groups excluding carboxylic acids is 1. The highest BCUT2D eigenvalue weighted by molar-refractivity contribution is 7.99. The Balaban J connectivity index is 2.18. The highest BCUT2D eigenvalue weighted by Gasteiger charge is 2.36. The molecule has 8 heteroatoms. The number of hydrogen-bond acceptors (Lipinski definition) is 6. The lowest BCUT2D eigenvalue weighted by atomic mass is 9.82. The first-order valence-electron chi connectivity index (χ1n) is 9.13. The molecule has 0 radical (unpaired) electrons. The summed E-state index contributed by atoms with van der Waals surface area (Å²) < 4.78 is 5.26. The van der Waals surface area contributed by atoms with Crippen LogP contribution in [0.1, 0.15) is 44.2 Å². The molecule has 3 rings (SSSR count). The number of fused-ring (bicyclic) bond motifs is 1. The molecule has 0 fully saturated rings. The molecule has 0 amide bonds. The maximum absolute atomic E-state index is 13.0. The molecule has 0 saturated heterocycles. The summed E-state index contributed by atoms with van der Waals surface area (Å²) in [5.41, 5.74) is 1.92. The number of carbonyl (C=O) groups is 1. The molecule has 0 aliphatic carbocycles. The van der Waals surface area contributed by atoms with Gasteiger partial charge >= 0.3 is 5.97 Å². The number of H-pyrrole nitrogens is 1. The number of aromatic nitrogens is 2. The normalized spacial score (nSPS) is 15.8. The van der Waals surface area contributed by atoms with E-state index in [1.165, 1.54) is 11.8 Å². The Labute approximate surface area is 172 Å². The predicted molar refractivity (Wildman–Crippen MR) is 112 cm³/mol. The van der Waals surface area contributed by atoms with Crippen LogP contribution in [-0.2, 0) is 9.53 Å². The SMILES string of the molecule is CCCSc1nc2c(c(=O)[nH]1)C(c1ccc(Cl)cc1)C(C(=O)OCC)=C(C)N2. The Bertz CT molecular complexity index is 970. The van der Waals surface area contributed by atoms with Crippen LogP contribution in [0.4, 0.5) is 5.82 Å². The fraction of sp³-hybridized carbons (Fsp3) is 0.350. The second-order valence-electron chi connectivity index (χ2n) is 6.35. The average Bonchev–Trinajstić information content (AvgIpc) is 2.66. The number of hydrogen-bond donors (Lipinski definition) is 2. The van der Waals surface area contributed by atoms with Crippen LogP contribution in [0.5, 0.6) is 0 Å². The lowest BCUT2D eigenvalue weighted by Gasteiger charge is -2.28. The van der Waals surface area contributed by atoms with Gasteiger partial charge in [0, 0.05) is 16.5 Å². The zero-order valence-corrected chi connectivity index (χ0v) is 17.5. The average molecular weight is 420 g/mol. The van der Waals surface area contributed by atoms with Gasteiger partial charge in [0.05, 0.1) is 23.7 Å². The van der Waals surface area contributed by atoms with Crippen LogP contribution in [0.2, 0.25) is 5.02 Å². The summed E-state index contributed by atoms with van der Waals surface area (Å²) in [6.07, 6.45) is 0.970. The molecule has 1 atom stereocenters. The third-order valence-corrected chi connectivity index (χ3v) is 5.69. The van der Waals surface area contributed by atoms with Gasteiger partial charge in [0.15, 0.2) is 5.16 Å². The second-order valence-corrected chi connectivity index (χ2v) is 7.87. The van der Waals surface area contributed by atoms with E-state index in [-0.39, 0.29) is 12.2 Å². The quantitative estimate of drug-likeness (QED) is 0.412. The van der Waals surface area contributed by atoms with Crippen molar-refractivity contribution in [1.82, 2.24) is 9.97 Å². The van der Waals surface area contributed by atoms with Crippen molar-refractivity contribution in [3.63, 3.8) is 0 Å². The number of rotatable bonds is 6. The van der Waals surface area contributed by atoms with Crippen molar-refractivity contribution >= 4 is 35.1 Å². The van der Waals surface area contributed by atoms with E-state index in [2.05, 4.69) is 22.2 Å². The van der Waals surface area contributed by atoms with Gasteiger partial charge in [0.1, 0.15) is 5.82 Å². The van der Waals surface area contributed by atoms with E-state index < -0.39 is 11.9 Å². The summed E-state index contributed by atoms with van der Waals surface area (Å²) in [5, 5.41) is 4.26. The van der Waals surface area contributed by atoms with Gasteiger partial charge in [-0.2, -0.15) is 0 Å². The number of allylic oxidation sites excluding steroid dienone is 1. The van der Waals surface area contributed by atoms with Gasteiger partial charge in [-0.15, -0.1) is 0 Å². The van der Waals surface area contributed by atoms with Gasteiger partial charge in [-0.3, -0.25) is 4.79 Å². The maximum atomic E-state index is 13.0. The zero-order valence-electron chi connectivity index (χ0n) is 16.0. The third kappa shape index (κ3) is 4.10. The smallest absolute Gasteiger partial charge is 0.336 e. The minimum atomic E-state index is -0.589. The highest BCUT2D eigenvalue weighted by Crippen LogP contribution is 2.40. The lowest BCUT2D eigenvalue weighted by molar-refractivity contribution is -0.138. The largest absolute Gasteiger partial charge is 0.463 e. The van der Waals surface area contributed by atoms with Crippen molar-refractivity contribution in [3.05, 3.63) is 62.0 Å². The van der Waals surface area contributed by atoms with E-state index in [0.29, 0.717) is 32.8 Å². The Hall–Kier alpha value is -2.25. The number of esters is 1. The number of nitrogens with zero attached hydrogens (tertiary/aromatic N) is 1. The van der Waals surface area contributed by atoms with Crippen LogP contribution < -0.4 is 10.9 Å². The number of ether oxygens (including phenoxy) is 1. The van der Waals surface area contributed by atoms with Gasteiger partial charge < -0.3 is 15.0 Å². The predicted octanol–water partition coefficient (Wildman–Crippen LogP) is 4.32. The highest BCUT2D eigenvalue weighted by atomic mass is 35.5. The Kier molecular flexibility index (Phi) is 6.46. The van der Waals surface area contributed by atoms with E-state index >= 15 is 0 Å². The summed E-state index contributed by atoms with van der Waals surface area (Å²) in [4.78, 5) is 33.1. The molecule has 0 spiro atoms. The number of aromatic amines is 1. The van der Waals surface area contributed by atoms with Crippen LogP contribution >= 0.6 is 23.4 Å². The summed E-state index contributed by atoms with van der Waals surface area (Å²) in [6, 6.07) is 7.11. The van der Waals surface area contributed by atoms with Gasteiger partial charge in [-0.05, 0) is 38.0 Å². The molecule has 2 N–H and O–H groups in total. The molecule has 6 nitrogen and oxygen atoms in total. The first-order chi connectivity index (χ1) is 13.5. The van der Waals surface area contributed by atoms with Crippen molar-refractivity contribution in [2.75, 3.05) is 17.7 Å². The van der Waals surface area contributed by atoms with Crippen molar-refractivity contribution in [2.24, 2.45) is 0 Å². The molecule has 2 heterocycles. The number of halogens is 1. The van der Waals surface area contributed by atoms with Crippen LogP contribution in [0.3, 0.4) is 0 Å². The van der Waals surface area contributed by atoms with E-state index in [0.717, 1.165) is 17.7 Å². The summed E-state index contributed by atoms with van der Waals surface area (Å²) >= 11 is 7.52. The third-order valence-electron chi connectivity index (χ3n) is 4.36. The monoisotopic (exact) mass is 419 g/mol. The van der Waals surface area contributed by atoms with Gasteiger partial charge in [-0.1, -0.05) is 42.4 Å². The van der Waals surface area contributed by atoms with Crippen molar-refractivity contribution < 1.29 is 9.53 Å². The number of thioether (sulfide) groups is 1. The van der Waals surface area contributed by atoms with Crippen molar-refractivity contribution in [3.8, 4) is 0 Å². The molecule has 1 unspecified atom stereocenters. The van der Waals surface area contributed by atoms with E-state index in [4.69, 9.17) is 16.3 Å². The first-order valence-corrected chi connectivity index (χ1v) is 10.5. The van der Waals surface area contributed by atoms with Gasteiger partial charge in [-0.25, -0.2) is 9.78 Å². The molecule has 0 saturated carbocycles. The van der Waals surface area contributed by atoms with E-state index in [1.54, 1.807) is 26.0 Å². The van der Waals surface area contributed by atoms with Crippen LogP contribution in [0, 0.1) is 0 Å². The number of anilines is 1. The molecule has 1 aromatic heterocycles. The molecule has 148 valence electrons.